The van der Waals surface area contributed by atoms with Gasteiger partial charge in [-0.15, -0.1) is 0 Å². The minimum atomic E-state index is -0.388. The van der Waals surface area contributed by atoms with Gasteiger partial charge in [-0.2, -0.15) is 5.10 Å². The summed E-state index contributed by atoms with van der Waals surface area (Å²) in [5.41, 5.74) is 2.93. The highest BCUT2D eigenvalue weighted by Gasteiger charge is 2.25. The summed E-state index contributed by atoms with van der Waals surface area (Å²) in [5, 5.41) is 4.13. The first-order valence-corrected chi connectivity index (χ1v) is 7.92. The van der Waals surface area contributed by atoms with Crippen LogP contribution in [0.3, 0.4) is 0 Å². The van der Waals surface area contributed by atoms with Gasteiger partial charge in [0.05, 0.1) is 0 Å². The first-order valence-electron chi connectivity index (χ1n) is 7.54. The molecule has 0 aromatic carbocycles. The van der Waals surface area contributed by atoms with Gasteiger partial charge in [-0.25, -0.2) is 0 Å². The van der Waals surface area contributed by atoms with Gasteiger partial charge >= 0.3 is 0 Å². The van der Waals surface area contributed by atoms with Crippen molar-refractivity contribution in [3.05, 3.63) is 17.0 Å². The molecular formula is C15H21ClN2O. The van der Waals surface area contributed by atoms with E-state index in [0.717, 1.165) is 37.3 Å². The van der Waals surface area contributed by atoms with E-state index < -0.39 is 0 Å². The molecule has 0 amide bonds. The molecule has 0 atom stereocenters. The molecule has 2 aliphatic carbocycles. The minimum Gasteiger partial charge on any atom is -0.274 e. The molecule has 4 heteroatoms. The molecule has 0 spiro atoms. The zero-order valence-electron chi connectivity index (χ0n) is 11.3. The van der Waals surface area contributed by atoms with E-state index in [-0.39, 0.29) is 5.24 Å². The first kappa shape index (κ1) is 13.2. The third kappa shape index (κ3) is 2.71. The monoisotopic (exact) mass is 280 g/mol. The number of rotatable bonds is 3. The maximum Gasteiger partial charge on any atom is 0.273 e. The number of carbonyl (C=O) groups is 1. The maximum absolute atomic E-state index is 11.5. The fourth-order valence-electron chi connectivity index (χ4n) is 3.59. The van der Waals surface area contributed by atoms with Gasteiger partial charge in [-0.05, 0) is 56.0 Å². The SMILES string of the molecule is O=C(Cl)c1nn(CC2CCCCC2)c2c1CCCC2. The van der Waals surface area contributed by atoms with Crippen LogP contribution in [0.25, 0.3) is 0 Å². The quantitative estimate of drug-likeness (QED) is 0.791. The summed E-state index contributed by atoms with van der Waals surface area (Å²) < 4.78 is 2.10. The topological polar surface area (TPSA) is 34.9 Å². The van der Waals surface area contributed by atoms with E-state index in [9.17, 15) is 4.79 Å². The molecule has 3 rings (SSSR count). The summed E-state index contributed by atoms with van der Waals surface area (Å²) in [6.45, 7) is 0.979. The Balaban J connectivity index is 1.85. The normalized spacial score (nSPS) is 20.3. The second-order valence-corrected chi connectivity index (χ2v) is 6.28. The summed E-state index contributed by atoms with van der Waals surface area (Å²) in [4.78, 5) is 11.5. The number of hydrogen-bond acceptors (Lipinski definition) is 2. The Morgan fingerprint density at radius 2 is 1.89 bits per heavy atom. The molecule has 2 aliphatic rings. The van der Waals surface area contributed by atoms with E-state index in [1.54, 1.807) is 0 Å². The average molecular weight is 281 g/mol. The standard InChI is InChI=1S/C15H21ClN2O/c16-15(19)14-12-8-4-5-9-13(12)18(17-14)10-11-6-2-1-3-7-11/h11H,1-10H2. The molecule has 0 bridgehead atoms. The van der Waals surface area contributed by atoms with Crippen LogP contribution < -0.4 is 0 Å². The maximum atomic E-state index is 11.5. The fourth-order valence-corrected chi connectivity index (χ4v) is 3.75. The van der Waals surface area contributed by atoms with Crippen molar-refractivity contribution in [3.63, 3.8) is 0 Å². The van der Waals surface area contributed by atoms with Crippen LogP contribution in [-0.4, -0.2) is 15.0 Å². The lowest BCUT2D eigenvalue weighted by molar-refractivity contribution is 0.107. The highest BCUT2D eigenvalue weighted by molar-refractivity contribution is 6.67. The van der Waals surface area contributed by atoms with E-state index in [4.69, 9.17) is 11.6 Å². The molecule has 1 aromatic rings. The first-order chi connectivity index (χ1) is 9.25. The highest BCUT2D eigenvalue weighted by Crippen LogP contribution is 2.29. The summed E-state index contributed by atoms with van der Waals surface area (Å²) in [7, 11) is 0. The molecule has 0 radical (unpaired) electrons. The van der Waals surface area contributed by atoms with Gasteiger partial charge in [0.15, 0.2) is 0 Å². The summed E-state index contributed by atoms with van der Waals surface area (Å²) in [5.74, 6) is 0.734. The van der Waals surface area contributed by atoms with Crippen molar-refractivity contribution in [2.24, 2.45) is 5.92 Å². The van der Waals surface area contributed by atoms with Crippen LogP contribution in [0, 0.1) is 5.92 Å². The third-order valence-corrected chi connectivity index (χ3v) is 4.78. The lowest BCUT2D eigenvalue weighted by Gasteiger charge is -2.23. The molecule has 0 aliphatic heterocycles. The number of fused-ring (bicyclic) bond motifs is 1. The molecule has 0 N–H and O–H groups in total. The summed E-state index contributed by atoms with van der Waals surface area (Å²) >= 11 is 5.68. The van der Waals surface area contributed by atoms with Gasteiger partial charge in [-0.1, -0.05) is 19.3 Å². The van der Waals surface area contributed by atoms with Crippen molar-refractivity contribution in [1.29, 1.82) is 0 Å². The highest BCUT2D eigenvalue weighted by atomic mass is 35.5. The second kappa shape index (κ2) is 5.66. The van der Waals surface area contributed by atoms with E-state index in [2.05, 4.69) is 9.78 Å². The molecule has 1 fully saturated rings. The fraction of sp³-hybridized carbons (Fsp3) is 0.733. The molecule has 104 valence electrons. The molecule has 0 saturated heterocycles. The van der Waals surface area contributed by atoms with Crippen LogP contribution in [0.5, 0.6) is 0 Å². The molecule has 1 aromatic heterocycles. The van der Waals surface area contributed by atoms with Crippen LogP contribution in [0.4, 0.5) is 0 Å². The van der Waals surface area contributed by atoms with Crippen LogP contribution >= 0.6 is 11.6 Å². The van der Waals surface area contributed by atoms with Crippen molar-refractivity contribution >= 4 is 16.8 Å². The summed E-state index contributed by atoms with van der Waals surface area (Å²) in [6, 6.07) is 0. The smallest absolute Gasteiger partial charge is 0.273 e. The number of halogens is 1. The Morgan fingerprint density at radius 1 is 1.16 bits per heavy atom. The number of carbonyl (C=O) groups excluding carboxylic acids is 1. The Morgan fingerprint density at radius 3 is 2.63 bits per heavy atom. The van der Waals surface area contributed by atoms with Crippen molar-refractivity contribution in [1.82, 2.24) is 9.78 Å². The van der Waals surface area contributed by atoms with E-state index in [1.807, 2.05) is 0 Å². The zero-order chi connectivity index (χ0) is 13.2. The van der Waals surface area contributed by atoms with Crippen LogP contribution in [0.2, 0.25) is 0 Å². The zero-order valence-corrected chi connectivity index (χ0v) is 12.1. The van der Waals surface area contributed by atoms with Crippen LogP contribution in [0.1, 0.15) is 66.7 Å². The number of hydrogen-bond donors (Lipinski definition) is 0. The lowest BCUT2D eigenvalue weighted by Crippen LogP contribution is -2.18. The third-order valence-electron chi connectivity index (χ3n) is 4.60. The Hall–Kier alpha value is -0.830. The molecule has 19 heavy (non-hydrogen) atoms. The molecule has 1 heterocycles. The lowest BCUT2D eigenvalue weighted by atomic mass is 9.89. The number of nitrogens with zero attached hydrogens (tertiary/aromatic N) is 2. The molecule has 1 saturated carbocycles. The second-order valence-electron chi connectivity index (χ2n) is 5.94. The molecule has 3 nitrogen and oxygen atoms in total. The predicted octanol–water partition coefficient (Wildman–Crippen LogP) is 3.72. The molecule has 0 unspecified atom stereocenters. The van der Waals surface area contributed by atoms with E-state index >= 15 is 0 Å². The predicted molar refractivity (Wildman–Crippen MR) is 75.6 cm³/mol. The van der Waals surface area contributed by atoms with E-state index in [0.29, 0.717) is 5.69 Å². The van der Waals surface area contributed by atoms with Crippen LogP contribution in [0.15, 0.2) is 0 Å². The molecular weight excluding hydrogens is 260 g/mol. The largest absolute Gasteiger partial charge is 0.274 e. The van der Waals surface area contributed by atoms with Crippen molar-refractivity contribution in [2.45, 2.75) is 64.3 Å². The Bertz CT molecular complexity index is 475. The van der Waals surface area contributed by atoms with Crippen molar-refractivity contribution in [3.8, 4) is 0 Å². The van der Waals surface area contributed by atoms with Crippen molar-refractivity contribution < 1.29 is 4.79 Å². The van der Waals surface area contributed by atoms with Gasteiger partial charge in [0.25, 0.3) is 5.24 Å². The van der Waals surface area contributed by atoms with Gasteiger partial charge in [0.1, 0.15) is 5.69 Å². The average Bonchev–Trinajstić information content (AvgIpc) is 2.79. The van der Waals surface area contributed by atoms with Gasteiger partial charge in [-0.3, -0.25) is 9.48 Å². The Labute approximate surface area is 119 Å². The Kier molecular flexibility index (Phi) is 3.92. The van der Waals surface area contributed by atoms with Gasteiger partial charge in [0.2, 0.25) is 0 Å². The summed E-state index contributed by atoms with van der Waals surface area (Å²) in [6.07, 6.45) is 11.0. The minimum absolute atomic E-state index is 0.388. The van der Waals surface area contributed by atoms with Gasteiger partial charge in [0, 0.05) is 17.8 Å². The number of aromatic nitrogens is 2. The van der Waals surface area contributed by atoms with Gasteiger partial charge < -0.3 is 0 Å². The van der Waals surface area contributed by atoms with E-state index in [1.165, 1.54) is 44.2 Å². The van der Waals surface area contributed by atoms with Crippen LogP contribution in [-0.2, 0) is 19.4 Å². The van der Waals surface area contributed by atoms with Crippen molar-refractivity contribution in [2.75, 3.05) is 0 Å².